The van der Waals surface area contributed by atoms with E-state index < -0.39 is 9.28 Å². The Morgan fingerprint density at radius 1 is 1.20 bits per heavy atom. The van der Waals surface area contributed by atoms with Crippen molar-refractivity contribution in [2.24, 2.45) is 0 Å². The standard InChI is InChI=1S/C11H27NO2Si/c1-5-6-9-12-11(2)8-7-10-15(13-3)14-4/h11-12,15H,5-10H2,1-4H3. The highest BCUT2D eigenvalue weighted by Crippen LogP contribution is 2.05. The lowest BCUT2D eigenvalue weighted by molar-refractivity contribution is 0.275. The highest BCUT2D eigenvalue weighted by Gasteiger charge is 2.09. The molecule has 0 fully saturated rings. The lowest BCUT2D eigenvalue weighted by Crippen LogP contribution is -2.27. The van der Waals surface area contributed by atoms with Gasteiger partial charge in [0.15, 0.2) is 0 Å². The van der Waals surface area contributed by atoms with Gasteiger partial charge in [0, 0.05) is 20.3 Å². The van der Waals surface area contributed by atoms with Gasteiger partial charge in [-0.2, -0.15) is 0 Å². The highest BCUT2D eigenvalue weighted by molar-refractivity contribution is 6.44. The van der Waals surface area contributed by atoms with E-state index in [4.69, 9.17) is 8.85 Å². The first-order chi connectivity index (χ1) is 7.24. The Kier molecular flexibility index (Phi) is 10.7. The van der Waals surface area contributed by atoms with Crippen molar-refractivity contribution in [2.75, 3.05) is 20.8 Å². The Morgan fingerprint density at radius 2 is 1.87 bits per heavy atom. The quantitative estimate of drug-likeness (QED) is 0.463. The van der Waals surface area contributed by atoms with Gasteiger partial charge in [-0.15, -0.1) is 0 Å². The number of nitrogens with one attached hydrogen (secondary N) is 1. The smallest absolute Gasteiger partial charge is 0.320 e. The van der Waals surface area contributed by atoms with Crippen LogP contribution in [0.5, 0.6) is 0 Å². The topological polar surface area (TPSA) is 30.5 Å². The Labute approximate surface area is 96.4 Å². The predicted molar refractivity (Wildman–Crippen MR) is 67.6 cm³/mol. The van der Waals surface area contributed by atoms with Crippen molar-refractivity contribution in [3.63, 3.8) is 0 Å². The summed E-state index contributed by atoms with van der Waals surface area (Å²) in [5.74, 6) is 0. The van der Waals surface area contributed by atoms with Crippen molar-refractivity contribution in [1.29, 1.82) is 0 Å². The molecule has 0 bridgehead atoms. The Morgan fingerprint density at radius 3 is 2.40 bits per heavy atom. The van der Waals surface area contributed by atoms with Gasteiger partial charge < -0.3 is 14.2 Å². The van der Waals surface area contributed by atoms with Crippen LogP contribution in [0.25, 0.3) is 0 Å². The molecule has 0 heterocycles. The van der Waals surface area contributed by atoms with Gasteiger partial charge in [-0.05, 0) is 32.4 Å². The molecule has 0 aliphatic rings. The molecule has 0 aromatic heterocycles. The van der Waals surface area contributed by atoms with Crippen LogP contribution < -0.4 is 5.32 Å². The van der Waals surface area contributed by atoms with E-state index >= 15 is 0 Å². The minimum atomic E-state index is -1.31. The van der Waals surface area contributed by atoms with E-state index in [1.54, 1.807) is 14.2 Å². The summed E-state index contributed by atoms with van der Waals surface area (Å²) < 4.78 is 10.6. The van der Waals surface area contributed by atoms with Gasteiger partial charge in [-0.1, -0.05) is 19.8 Å². The zero-order valence-electron chi connectivity index (χ0n) is 10.7. The molecule has 1 N–H and O–H groups in total. The van der Waals surface area contributed by atoms with Gasteiger partial charge in [0.05, 0.1) is 0 Å². The average molecular weight is 233 g/mol. The van der Waals surface area contributed by atoms with Crippen LogP contribution in [0.15, 0.2) is 0 Å². The molecule has 0 radical (unpaired) electrons. The van der Waals surface area contributed by atoms with Crippen LogP contribution in [0.3, 0.4) is 0 Å². The lowest BCUT2D eigenvalue weighted by Gasteiger charge is -2.15. The first-order valence-electron chi connectivity index (χ1n) is 6.03. The summed E-state index contributed by atoms with van der Waals surface area (Å²) in [6.07, 6.45) is 4.97. The maximum Gasteiger partial charge on any atom is 0.320 e. The minimum Gasteiger partial charge on any atom is -0.400 e. The third kappa shape index (κ3) is 9.05. The summed E-state index contributed by atoms with van der Waals surface area (Å²) in [6.45, 7) is 5.62. The van der Waals surface area contributed by atoms with Crippen LogP contribution in [0.1, 0.15) is 39.5 Å². The van der Waals surface area contributed by atoms with Gasteiger partial charge in [0.25, 0.3) is 0 Å². The van der Waals surface area contributed by atoms with Crippen molar-refractivity contribution in [2.45, 2.75) is 51.6 Å². The maximum absolute atomic E-state index is 5.28. The lowest BCUT2D eigenvalue weighted by atomic mass is 10.2. The van der Waals surface area contributed by atoms with E-state index in [1.165, 1.54) is 25.7 Å². The van der Waals surface area contributed by atoms with Gasteiger partial charge in [0.2, 0.25) is 0 Å². The molecular formula is C11H27NO2Si. The second-order valence-corrected chi connectivity index (χ2v) is 6.42. The Balaban J connectivity index is 3.33. The van der Waals surface area contributed by atoms with Crippen LogP contribution in [0.2, 0.25) is 6.04 Å². The molecule has 0 saturated heterocycles. The summed E-state index contributed by atoms with van der Waals surface area (Å²) in [5, 5.41) is 3.53. The Hall–Kier alpha value is 0.0969. The van der Waals surface area contributed by atoms with E-state index in [0.717, 1.165) is 12.6 Å². The van der Waals surface area contributed by atoms with Crippen molar-refractivity contribution in [3.05, 3.63) is 0 Å². The molecule has 0 amide bonds. The van der Waals surface area contributed by atoms with Gasteiger partial charge in [0.1, 0.15) is 0 Å². The molecule has 1 atom stereocenters. The molecule has 15 heavy (non-hydrogen) atoms. The van der Waals surface area contributed by atoms with Crippen molar-refractivity contribution in [1.82, 2.24) is 5.32 Å². The largest absolute Gasteiger partial charge is 0.400 e. The third-order valence-corrected chi connectivity index (χ3v) is 4.56. The molecule has 3 nitrogen and oxygen atoms in total. The Bertz CT molecular complexity index is 132. The van der Waals surface area contributed by atoms with Crippen molar-refractivity contribution >= 4 is 9.28 Å². The molecule has 92 valence electrons. The summed E-state index contributed by atoms with van der Waals surface area (Å²) in [7, 11) is 2.19. The summed E-state index contributed by atoms with van der Waals surface area (Å²) >= 11 is 0. The molecule has 4 heteroatoms. The zero-order valence-corrected chi connectivity index (χ0v) is 11.9. The first kappa shape index (κ1) is 15.1. The molecular weight excluding hydrogens is 206 g/mol. The van der Waals surface area contributed by atoms with E-state index in [-0.39, 0.29) is 0 Å². The fraction of sp³-hybridized carbons (Fsp3) is 1.00. The van der Waals surface area contributed by atoms with Crippen LogP contribution in [-0.4, -0.2) is 36.1 Å². The molecule has 0 aromatic rings. The second kappa shape index (κ2) is 10.6. The van der Waals surface area contributed by atoms with Crippen LogP contribution >= 0.6 is 0 Å². The molecule has 0 rings (SSSR count). The average Bonchev–Trinajstić information content (AvgIpc) is 2.25. The summed E-state index contributed by atoms with van der Waals surface area (Å²) in [6, 6.07) is 1.74. The molecule has 0 aliphatic heterocycles. The molecule has 0 saturated carbocycles. The predicted octanol–water partition coefficient (Wildman–Crippen LogP) is 2.06. The van der Waals surface area contributed by atoms with Gasteiger partial charge in [-0.3, -0.25) is 0 Å². The number of unbranched alkanes of at least 4 members (excludes halogenated alkanes) is 1. The van der Waals surface area contributed by atoms with Gasteiger partial charge in [-0.25, -0.2) is 0 Å². The number of rotatable bonds is 10. The van der Waals surface area contributed by atoms with E-state index in [0.29, 0.717) is 6.04 Å². The SMILES string of the molecule is CCCCNC(C)CCC[SiH](OC)OC. The van der Waals surface area contributed by atoms with Gasteiger partial charge >= 0.3 is 9.28 Å². The van der Waals surface area contributed by atoms with Crippen molar-refractivity contribution < 1.29 is 8.85 Å². The summed E-state index contributed by atoms with van der Waals surface area (Å²) in [5.41, 5.74) is 0. The van der Waals surface area contributed by atoms with Crippen LogP contribution in [0.4, 0.5) is 0 Å². The fourth-order valence-corrected chi connectivity index (χ4v) is 2.78. The maximum atomic E-state index is 5.28. The van der Waals surface area contributed by atoms with E-state index in [1.807, 2.05) is 0 Å². The highest BCUT2D eigenvalue weighted by atomic mass is 28.3. The minimum absolute atomic E-state index is 0.625. The molecule has 1 unspecified atom stereocenters. The zero-order chi connectivity index (χ0) is 11.5. The normalized spacial score (nSPS) is 13.4. The monoisotopic (exact) mass is 233 g/mol. The third-order valence-electron chi connectivity index (χ3n) is 2.63. The number of hydrogen-bond acceptors (Lipinski definition) is 3. The van der Waals surface area contributed by atoms with Crippen LogP contribution in [-0.2, 0) is 8.85 Å². The first-order valence-corrected chi connectivity index (χ1v) is 7.79. The molecule has 0 aliphatic carbocycles. The second-order valence-electron chi connectivity index (χ2n) is 4.04. The summed E-state index contributed by atoms with van der Waals surface area (Å²) in [4.78, 5) is 0. The van der Waals surface area contributed by atoms with Crippen molar-refractivity contribution in [3.8, 4) is 0 Å². The number of hydrogen-bond donors (Lipinski definition) is 1. The van der Waals surface area contributed by atoms with E-state index in [2.05, 4.69) is 19.2 Å². The van der Waals surface area contributed by atoms with E-state index in [9.17, 15) is 0 Å². The molecule has 0 aromatic carbocycles. The van der Waals surface area contributed by atoms with Crippen LogP contribution in [0, 0.1) is 0 Å². The fourth-order valence-electron chi connectivity index (χ4n) is 1.55. The molecule has 0 spiro atoms.